The van der Waals surface area contributed by atoms with E-state index in [0.29, 0.717) is 5.56 Å². The van der Waals surface area contributed by atoms with Gasteiger partial charge in [0.05, 0.1) is 11.0 Å². The number of benzene rings is 2. The summed E-state index contributed by atoms with van der Waals surface area (Å²) in [4.78, 5) is 19.0. The van der Waals surface area contributed by atoms with Crippen LogP contribution in [0.25, 0.3) is 11.0 Å². The van der Waals surface area contributed by atoms with Gasteiger partial charge in [-0.1, -0.05) is 36.4 Å². The maximum atomic E-state index is 12.6. The molecule has 0 N–H and O–H groups in total. The summed E-state index contributed by atoms with van der Waals surface area (Å²) in [5, 5.41) is 0. The lowest BCUT2D eigenvalue weighted by atomic mass is 10.1. The van der Waals surface area contributed by atoms with E-state index in [4.69, 9.17) is 4.98 Å². The lowest BCUT2D eigenvalue weighted by Gasteiger charge is -2.20. The van der Waals surface area contributed by atoms with Gasteiger partial charge in [-0.05, 0) is 36.3 Å². The van der Waals surface area contributed by atoms with Crippen molar-refractivity contribution < 1.29 is 4.79 Å². The summed E-state index contributed by atoms with van der Waals surface area (Å²) in [6.07, 6.45) is 7.37. The molecule has 4 heteroatoms. The summed E-state index contributed by atoms with van der Waals surface area (Å²) in [6.45, 7) is 0. The monoisotopic (exact) mass is 329 g/mol. The van der Waals surface area contributed by atoms with E-state index in [0.717, 1.165) is 29.7 Å². The number of imidazole rings is 1. The Bertz CT molecular complexity index is 983. The van der Waals surface area contributed by atoms with E-state index in [1.54, 1.807) is 4.90 Å². The molecule has 1 aromatic heterocycles. The van der Waals surface area contributed by atoms with Crippen LogP contribution in [0.15, 0.2) is 78.6 Å². The topological polar surface area (TPSA) is 38.1 Å². The number of fused-ring (bicyclic) bond motifs is 1. The molecule has 1 aliphatic heterocycles. The average molecular weight is 329 g/mol. The number of nitrogens with zero attached hydrogens (tertiary/aromatic N) is 3. The minimum atomic E-state index is -0.0148. The van der Waals surface area contributed by atoms with Crippen LogP contribution in [0.4, 0.5) is 0 Å². The second kappa shape index (κ2) is 6.40. The molecule has 0 bridgehead atoms. The molecule has 0 radical (unpaired) electrons. The summed E-state index contributed by atoms with van der Waals surface area (Å²) >= 11 is 0. The van der Waals surface area contributed by atoms with Crippen LogP contribution in [0.1, 0.15) is 22.6 Å². The Labute approximate surface area is 146 Å². The Morgan fingerprint density at radius 3 is 2.64 bits per heavy atom. The number of rotatable bonds is 3. The second-order valence-electron chi connectivity index (χ2n) is 6.21. The standard InChI is InChI=1S/C21H19N3O/c1-23-19-12-6-5-11-18(19)22-20(23)14-16-8-7-13-24(15-16)21(25)17-9-3-2-4-10-17/h2-7,9-13,15H,8,14H2,1H3. The van der Waals surface area contributed by atoms with Crippen LogP contribution in [0.3, 0.4) is 0 Å². The fourth-order valence-corrected chi connectivity index (χ4v) is 3.14. The second-order valence-corrected chi connectivity index (χ2v) is 6.21. The van der Waals surface area contributed by atoms with Gasteiger partial charge in [0.15, 0.2) is 0 Å². The number of hydrogen-bond acceptors (Lipinski definition) is 2. The number of carbonyl (C=O) groups is 1. The predicted octanol–water partition coefficient (Wildman–Crippen LogP) is 4.06. The highest BCUT2D eigenvalue weighted by Gasteiger charge is 2.16. The predicted molar refractivity (Wildman–Crippen MR) is 98.9 cm³/mol. The summed E-state index contributed by atoms with van der Waals surface area (Å²) in [5.74, 6) is 0.994. The number of aromatic nitrogens is 2. The van der Waals surface area contributed by atoms with Gasteiger partial charge >= 0.3 is 0 Å². The molecule has 0 saturated carbocycles. The summed E-state index contributed by atoms with van der Waals surface area (Å²) < 4.78 is 2.12. The fourth-order valence-electron chi connectivity index (χ4n) is 3.14. The van der Waals surface area contributed by atoms with Crippen LogP contribution in [0, 0.1) is 0 Å². The van der Waals surface area contributed by atoms with Crippen LogP contribution < -0.4 is 0 Å². The molecule has 25 heavy (non-hydrogen) atoms. The maximum absolute atomic E-state index is 12.6. The van der Waals surface area contributed by atoms with Gasteiger partial charge < -0.3 is 4.57 Å². The molecule has 4 nitrogen and oxygen atoms in total. The van der Waals surface area contributed by atoms with Crippen LogP contribution in [-0.4, -0.2) is 20.4 Å². The first kappa shape index (κ1) is 15.4. The minimum Gasteiger partial charge on any atom is -0.331 e. The molecule has 0 saturated heterocycles. The highest BCUT2D eigenvalue weighted by atomic mass is 16.2. The van der Waals surface area contributed by atoms with Crippen LogP contribution in [-0.2, 0) is 13.5 Å². The molecule has 2 heterocycles. The number of carbonyl (C=O) groups excluding carboxylic acids is 1. The minimum absolute atomic E-state index is 0.0148. The summed E-state index contributed by atoms with van der Waals surface area (Å²) in [7, 11) is 2.04. The van der Waals surface area contributed by atoms with E-state index in [9.17, 15) is 4.79 Å². The Kier molecular flexibility index (Phi) is 3.94. The van der Waals surface area contributed by atoms with Crippen molar-refractivity contribution >= 4 is 16.9 Å². The molecule has 1 aliphatic rings. The van der Waals surface area contributed by atoms with Gasteiger partial charge in [-0.25, -0.2) is 4.98 Å². The van der Waals surface area contributed by atoms with Crippen molar-refractivity contribution in [2.75, 3.05) is 0 Å². The Balaban J connectivity index is 1.59. The van der Waals surface area contributed by atoms with Crippen molar-refractivity contribution in [3.63, 3.8) is 0 Å². The normalized spacial score (nSPS) is 14.0. The van der Waals surface area contributed by atoms with Crippen molar-refractivity contribution in [1.29, 1.82) is 0 Å². The molecule has 1 amide bonds. The summed E-state index contributed by atoms with van der Waals surface area (Å²) in [6, 6.07) is 17.5. The van der Waals surface area contributed by atoms with E-state index in [1.807, 2.05) is 74.1 Å². The summed E-state index contributed by atoms with van der Waals surface area (Å²) in [5.41, 5.74) is 3.99. The van der Waals surface area contributed by atoms with E-state index in [1.165, 1.54) is 5.57 Å². The van der Waals surface area contributed by atoms with E-state index < -0.39 is 0 Å². The van der Waals surface area contributed by atoms with Gasteiger partial charge in [-0.15, -0.1) is 0 Å². The maximum Gasteiger partial charge on any atom is 0.261 e. The number of allylic oxidation sites excluding steroid dienone is 2. The first-order valence-electron chi connectivity index (χ1n) is 8.36. The van der Waals surface area contributed by atoms with Crippen molar-refractivity contribution in [2.45, 2.75) is 12.8 Å². The van der Waals surface area contributed by atoms with Gasteiger partial charge in [0.25, 0.3) is 5.91 Å². The Hall–Kier alpha value is -3.14. The number of hydrogen-bond donors (Lipinski definition) is 0. The smallest absolute Gasteiger partial charge is 0.261 e. The number of aryl methyl sites for hydroxylation is 1. The van der Waals surface area contributed by atoms with E-state index in [2.05, 4.69) is 10.6 Å². The zero-order valence-corrected chi connectivity index (χ0v) is 14.1. The van der Waals surface area contributed by atoms with Crippen molar-refractivity contribution in [3.8, 4) is 0 Å². The molecule has 124 valence electrons. The molecule has 0 fully saturated rings. The Morgan fingerprint density at radius 1 is 1.08 bits per heavy atom. The largest absolute Gasteiger partial charge is 0.331 e. The van der Waals surface area contributed by atoms with Crippen LogP contribution in [0.5, 0.6) is 0 Å². The molecule has 0 unspecified atom stereocenters. The molecule has 0 aliphatic carbocycles. The van der Waals surface area contributed by atoms with Crippen molar-refractivity contribution in [2.24, 2.45) is 7.05 Å². The zero-order chi connectivity index (χ0) is 17.2. The fraction of sp³-hybridized carbons (Fsp3) is 0.143. The third kappa shape index (κ3) is 2.98. The third-order valence-electron chi connectivity index (χ3n) is 4.49. The number of amides is 1. The van der Waals surface area contributed by atoms with Crippen LogP contribution in [0.2, 0.25) is 0 Å². The third-order valence-corrected chi connectivity index (χ3v) is 4.49. The molecule has 4 rings (SSSR count). The van der Waals surface area contributed by atoms with E-state index in [-0.39, 0.29) is 5.91 Å². The lowest BCUT2D eigenvalue weighted by molar-refractivity contribution is 0.0866. The van der Waals surface area contributed by atoms with Gasteiger partial charge in [0.1, 0.15) is 5.82 Å². The molecule has 2 aromatic carbocycles. The first-order valence-corrected chi connectivity index (χ1v) is 8.36. The van der Waals surface area contributed by atoms with Crippen molar-refractivity contribution in [3.05, 3.63) is 90.0 Å². The quantitative estimate of drug-likeness (QED) is 0.727. The Morgan fingerprint density at radius 2 is 1.84 bits per heavy atom. The van der Waals surface area contributed by atoms with Crippen molar-refractivity contribution in [1.82, 2.24) is 14.5 Å². The first-order chi connectivity index (χ1) is 12.2. The molecular weight excluding hydrogens is 310 g/mol. The zero-order valence-electron chi connectivity index (χ0n) is 14.1. The van der Waals surface area contributed by atoms with Gasteiger partial charge in [-0.3, -0.25) is 9.69 Å². The van der Waals surface area contributed by atoms with Gasteiger partial charge in [-0.2, -0.15) is 0 Å². The molecule has 3 aromatic rings. The van der Waals surface area contributed by atoms with Crippen LogP contribution >= 0.6 is 0 Å². The average Bonchev–Trinajstić information content (AvgIpc) is 2.98. The molecule has 0 spiro atoms. The SMILES string of the molecule is Cn1c(CC2=CN(C(=O)c3ccccc3)C=CC2)nc2ccccc21. The molecular formula is C21H19N3O. The highest BCUT2D eigenvalue weighted by molar-refractivity contribution is 5.95. The van der Waals surface area contributed by atoms with Gasteiger partial charge in [0, 0.05) is 31.4 Å². The van der Waals surface area contributed by atoms with E-state index >= 15 is 0 Å². The number of para-hydroxylation sites is 2. The highest BCUT2D eigenvalue weighted by Crippen LogP contribution is 2.21. The van der Waals surface area contributed by atoms with Gasteiger partial charge in [0.2, 0.25) is 0 Å². The lowest BCUT2D eigenvalue weighted by Crippen LogP contribution is -2.22. The molecule has 0 atom stereocenters.